The summed E-state index contributed by atoms with van der Waals surface area (Å²) in [6.07, 6.45) is 5.55. The summed E-state index contributed by atoms with van der Waals surface area (Å²) in [4.78, 5) is 20.9. The minimum Gasteiger partial charge on any atom is -0.468 e. The van der Waals surface area contributed by atoms with Crippen molar-refractivity contribution in [3.8, 4) is 12.0 Å². The zero-order chi connectivity index (χ0) is 17.8. The summed E-state index contributed by atoms with van der Waals surface area (Å²) < 4.78 is 20.5. The highest BCUT2D eigenvalue weighted by Crippen LogP contribution is 2.30. The fourth-order valence-corrected chi connectivity index (χ4v) is 2.14. The lowest BCUT2D eigenvalue weighted by atomic mass is 10.1. The van der Waals surface area contributed by atoms with E-state index in [-0.39, 0.29) is 24.1 Å². The van der Waals surface area contributed by atoms with Gasteiger partial charge in [0.05, 0.1) is 28.4 Å². The van der Waals surface area contributed by atoms with Crippen LogP contribution in [0.4, 0.5) is 0 Å². The van der Waals surface area contributed by atoms with Gasteiger partial charge in [0, 0.05) is 11.1 Å². The number of hydrogen-bond donors (Lipinski definition) is 1. The Morgan fingerprint density at radius 1 is 0.840 bits per heavy atom. The minimum absolute atomic E-state index is 0.149. The van der Waals surface area contributed by atoms with Gasteiger partial charge in [0.25, 0.3) is 6.02 Å². The van der Waals surface area contributed by atoms with Crippen LogP contribution in [0.15, 0.2) is 39.6 Å². The van der Waals surface area contributed by atoms with Gasteiger partial charge < -0.3 is 18.9 Å². The molecule has 2 heterocycles. The molecule has 0 spiro atoms. The van der Waals surface area contributed by atoms with E-state index in [1.165, 1.54) is 28.4 Å². The number of amidine groups is 2. The highest BCUT2D eigenvalue weighted by molar-refractivity contribution is 5.95. The van der Waals surface area contributed by atoms with Gasteiger partial charge in [-0.1, -0.05) is 18.2 Å². The molecule has 0 fully saturated rings. The molecule has 0 amide bonds. The Labute approximate surface area is 143 Å². The highest BCUT2D eigenvalue weighted by Gasteiger charge is 2.23. The predicted octanol–water partition coefficient (Wildman–Crippen LogP) is 0.662. The van der Waals surface area contributed by atoms with Crippen LogP contribution < -0.4 is 14.8 Å². The van der Waals surface area contributed by atoms with Crippen molar-refractivity contribution in [3.05, 3.63) is 35.4 Å². The summed E-state index contributed by atoms with van der Waals surface area (Å²) >= 11 is 0. The molecule has 1 aromatic heterocycles. The van der Waals surface area contributed by atoms with Crippen molar-refractivity contribution < 1.29 is 18.9 Å². The lowest BCUT2D eigenvalue weighted by Crippen LogP contribution is -2.30. The SMILES string of the molecule is COC1=N/C(=C2/C=CC=C2c2nc(OC)nc(OC)n2)NC(OC)=N1. The van der Waals surface area contributed by atoms with Crippen LogP contribution in [0.3, 0.4) is 0 Å². The number of nitrogens with one attached hydrogen (secondary N) is 1. The number of allylic oxidation sites excluding steroid dienone is 5. The van der Waals surface area contributed by atoms with Gasteiger partial charge in [-0.3, -0.25) is 5.32 Å². The number of ether oxygens (including phenoxy) is 4. The highest BCUT2D eigenvalue weighted by atomic mass is 16.5. The Morgan fingerprint density at radius 2 is 1.56 bits per heavy atom. The molecule has 3 rings (SSSR count). The second-order valence-electron chi connectivity index (χ2n) is 4.68. The predicted molar refractivity (Wildman–Crippen MR) is 89.1 cm³/mol. The zero-order valence-electron chi connectivity index (χ0n) is 14.1. The van der Waals surface area contributed by atoms with E-state index in [1.807, 2.05) is 18.2 Å². The summed E-state index contributed by atoms with van der Waals surface area (Å²) in [5.41, 5.74) is 1.44. The molecule has 0 saturated heterocycles. The van der Waals surface area contributed by atoms with E-state index in [0.717, 1.165) is 5.57 Å². The molecule has 2 aliphatic rings. The lowest BCUT2D eigenvalue weighted by molar-refractivity contribution is 0.339. The van der Waals surface area contributed by atoms with E-state index < -0.39 is 0 Å². The van der Waals surface area contributed by atoms with Crippen molar-refractivity contribution in [2.24, 2.45) is 9.98 Å². The second-order valence-corrected chi connectivity index (χ2v) is 4.68. The zero-order valence-corrected chi connectivity index (χ0v) is 14.1. The summed E-state index contributed by atoms with van der Waals surface area (Å²) in [6.45, 7) is 0. The van der Waals surface area contributed by atoms with Crippen LogP contribution in [0.5, 0.6) is 12.0 Å². The van der Waals surface area contributed by atoms with Crippen molar-refractivity contribution in [1.29, 1.82) is 0 Å². The molecule has 0 aromatic carbocycles. The molecule has 1 aliphatic carbocycles. The van der Waals surface area contributed by atoms with E-state index in [2.05, 4.69) is 30.3 Å². The fraction of sp³-hybridized carbons (Fsp3) is 0.267. The summed E-state index contributed by atoms with van der Waals surface area (Å²) in [5.74, 6) is 0.871. The smallest absolute Gasteiger partial charge is 0.322 e. The van der Waals surface area contributed by atoms with Crippen LogP contribution in [0.1, 0.15) is 5.82 Å². The van der Waals surface area contributed by atoms with Crippen LogP contribution in [0.2, 0.25) is 0 Å². The molecule has 10 nitrogen and oxygen atoms in total. The lowest BCUT2D eigenvalue weighted by Gasteiger charge is -2.16. The maximum absolute atomic E-state index is 5.15. The molecule has 0 unspecified atom stereocenters. The molecular formula is C15H16N6O4. The molecule has 25 heavy (non-hydrogen) atoms. The van der Waals surface area contributed by atoms with Gasteiger partial charge >= 0.3 is 18.0 Å². The molecule has 1 N–H and O–H groups in total. The molecule has 130 valence electrons. The van der Waals surface area contributed by atoms with Crippen LogP contribution in [0, 0.1) is 0 Å². The van der Waals surface area contributed by atoms with Crippen LogP contribution in [-0.2, 0) is 9.47 Å². The van der Waals surface area contributed by atoms with Gasteiger partial charge in [0.1, 0.15) is 5.82 Å². The summed E-state index contributed by atoms with van der Waals surface area (Å²) in [5, 5.41) is 2.98. The van der Waals surface area contributed by atoms with Crippen LogP contribution in [0.25, 0.3) is 5.57 Å². The Morgan fingerprint density at radius 3 is 2.16 bits per heavy atom. The molecule has 10 heteroatoms. The summed E-state index contributed by atoms with van der Waals surface area (Å²) in [7, 11) is 5.92. The average molecular weight is 344 g/mol. The van der Waals surface area contributed by atoms with Crippen molar-refractivity contribution in [2.45, 2.75) is 0 Å². The first-order valence-electron chi connectivity index (χ1n) is 7.18. The van der Waals surface area contributed by atoms with Crippen molar-refractivity contribution in [1.82, 2.24) is 20.3 Å². The van der Waals surface area contributed by atoms with Crippen molar-refractivity contribution in [3.63, 3.8) is 0 Å². The van der Waals surface area contributed by atoms with E-state index in [1.54, 1.807) is 0 Å². The van der Waals surface area contributed by atoms with Gasteiger partial charge in [0.15, 0.2) is 5.82 Å². The van der Waals surface area contributed by atoms with Gasteiger partial charge in [-0.25, -0.2) is 0 Å². The van der Waals surface area contributed by atoms with Gasteiger partial charge in [-0.05, 0) is 0 Å². The maximum Gasteiger partial charge on any atom is 0.322 e. The van der Waals surface area contributed by atoms with E-state index in [9.17, 15) is 0 Å². The molecule has 1 aromatic rings. The van der Waals surface area contributed by atoms with Crippen LogP contribution >= 0.6 is 0 Å². The quantitative estimate of drug-likeness (QED) is 0.851. The number of rotatable bonds is 3. The third-order valence-corrected chi connectivity index (χ3v) is 3.28. The number of aliphatic imine (C=N–C) groups is 2. The van der Waals surface area contributed by atoms with E-state index in [4.69, 9.17) is 18.9 Å². The average Bonchev–Trinajstić information content (AvgIpc) is 3.16. The van der Waals surface area contributed by atoms with Gasteiger partial charge in [0.2, 0.25) is 0 Å². The van der Waals surface area contributed by atoms with Crippen molar-refractivity contribution in [2.75, 3.05) is 28.4 Å². The van der Waals surface area contributed by atoms with E-state index >= 15 is 0 Å². The molecule has 0 bridgehead atoms. The molecule has 0 atom stereocenters. The largest absolute Gasteiger partial charge is 0.468 e. The first-order chi connectivity index (χ1) is 12.2. The van der Waals surface area contributed by atoms with Gasteiger partial charge in [-0.2, -0.15) is 15.0 Å². The number of nitrogens with zero attached hydrogens (tertiary/aromatic N) is 5. The monoisotopic (exact) mass is 344 g/mol. The fourth-order valence-electron chi connectivity index (χ4n) is 2.14. The summed E-state index contributed by atoms with van der Waals surface area (Å²) in [6, 6.07) is 0.732. The molecule has 0 saturated carbocycles. The Kier molecular flexibility index (Phi) is 4.59. The number of aromatic nitrogens is 3. The topological polar surface area (TPSA) is 112 Å². The second kappa shape index (κ2) is 6.99. The van der Waals surface area contributed by atoms with Crippen LogP contribution in [-0.4, -0.2) is 55.4 Å². The third-order valence-electron chi connectivity index (χ3n) is 3.28. The Bertz CT molecular complexity index is 818. The molecular weight excluding hydrogens is 328 g/mol. The number of methoxy groups -OCH3 is 4. The number of hydrogen-bond acceptors (Lipinski definition) is 10. The Hall–Kier alpha value is -3.43. The maximum atomic E-state index is 5.15. The Balaban J connectivity index is 2.05. The normalized spacial score (nSPS) is 18.8. The van der Waals surface area contributed by atoms with Gasteiger partial charge in [-0.15, -0.1) is 9.98 Å². The third kappa shape index (κ3) is 3.27. The first kappa shape index (κ1) is 16.4. The minimum atomic E-state index is 0.149. The van der Waals surface area contributed by atoms with E-state index in [0.29, 0.717) is 17.2 Å². The molecule has 0 radical (unpaired) electrons. The molecule has 1 aliphatic heterocycles. The standard InChI is InChI=1S/C15H16N6O4/c1-22-12-16-10(17-13(20-12)23-2)8-6-5-7-9(8)11-18-14(24-3)21-15(19-11)25-4/h5-7H,1-4H3,(H,16,17,20). The van der Waals surface area contributed by atoms with Crippen molar-refractivity contribution >= 4 is 17.6 Å². The first-order valence-corrected chi connectivity index (χ1v) is 7.18.